The quantitative estimate of drug-likeness (QED) is 0.583. The molecule has 1 aliphatic rings. The van der Waals surface area contributed by atoms with Crippen LogP contribution >= 0.6 is 0 Å². The molecular formula is C23H27N3O4. The first-order chi connectivity index (χ1) is 14.6. The van der Waals surface area contributed by atoms with E-state index in [9.17, 15) is 0 Å². The van der Waals surface area contributed by atoms with Gasteiger partial charge in [-0.3, -0.25) is 4.90 Å². The van der Waals surface area contributed by atoms with Gasteiger partial charge in [0.15, 0.2) is 11.5 Å². The van der Waals surface area contributed by atoms with Gasteiger partial charge in [-0.25, -0.2) is 0 Å². The van der Waals surface area contributed by atoms with E-state index in [2.05, 4.69) is 34.1 Å². The minimum atomic E-state index is 0.225. The Balaban J connectivity index is 1.46. The predicted octanol–water partition coefficient (Wildman–Crippen LogP) is 4.06. The van der Waals surface area contributed by atoms with Crippen LogP contribution in [0.1, 0.15) is 29.4 Å². The molecule has 0 aliphatic carbocycles. The zero-order valence-electron chi connectivity index (χ0n) is 17.8. The van der Waals surface area contributed by atoms with Gasteiger partial charge < -0.3 is 18.7 Å². The number of nitrogens with zero attached hydrogens (tertiary/aromatic N) is 3. The molecule has 0 amide bonds. The molecular weight excluding hydrogens is 382 g/mol. The van der Waals surface area contributed by atoms with Crippen LogP contribution in [-0.2, 0) is 6.54 Å². The van der Waals surface area contributed by atoms with Crippen LogP contribution in [0.3, 0.4) is 0 Å². The molecule has 158 valence electrons. The zero-order chi connectivity index (χ0) is 21.1. The number of rotatable bonds is 7. The van der Waals surface area contributed by atoms with Crippen LogP contribution in [0.15, 0.2) is 40.9 Å². The van der Waals surface area contributed by atoms with Crippen LogP contribution in [0.4, 0.5) is 0 Å². The van der Waals surface area contributed by atoms with Crippen molar-refractivity contribution in [1.82, 2.24) is 15.0 Å². The molecule has 7 heteroatoms. The normalized spacial score (nSPS) is 16.6. The third kappa shape index (κ3) is 3.98. The lowest BCUT2D eigenvalue weighted by Crippen LogP contribution is -2.20. The van der Waals surface area contributed by atoms with E-state index >= 15 is 0 Å². The van der Waals surface area contributed by atoms with Crippen molar-refractivity contribution in [1.29, 1.82) is 0 Å². The topological polar surface area (TPSA) is 69.9 Å². The molecule has 0 saturated carbocycles. The van der Waals surface area contributed by atoms with E-state index in [0.29, 0.717) is 29.0 Å². The number of ether oxygens (including phenoxy) is 3. The highest BCUT2D eigenvalue weighted by molar-refractivity contribution is 5.56. The van der Waals surface area contributed by atoms with Crippen molar-refractivity contribution in [2.75, 3.05) is 34.4 Å². The summed E-state index contributed by atoms with van der Waals surface area (Å²) in [6, 6.07) is 12.1. The maximum Gasteiger partial charge on any atom is 0.231 e. The number of likely N-dealkylation sites (tertiary alicyclic amines) is 1. The second-order valence-electron chi connectivity index (χ2n) is 7.54. The van der Waals surface area contributed by atoms with Crippen molar-refractivity contribution in [3.05, 3.63) is 53.4 Å². The van der Waals surface area contributed by atoms with Crippen LogP contribution in [0.25, 0.3) is 11.4 Å². The van der Waals surface area contributed by atoms with E-state index in [1.165, 1.54) is 5.56 Å². The first kappa shape index (κ1) is 20.2. The summed E-state index contributed by atoms with van der Waals surface area (Å²) >= 11 is 0. The van der Waals surface area contributed by atoms with Gasteiger partial charge >= 0.3 is 0 Å². The van der Waals surface area contributed by atoms with Gasteiger partial charge in [-0.1, -0.05) is 41.1 Å². The third-order valence-corrected chi connectivity index (χ3v) is 5.55. The summed E-state index contributed by atoms with van der Waals surface area (Å²) in [6.07, 6.45) is 0.977. The molecule has 1 aromatic heterocycles. The molecule has 2 heterocycles. The van der Waals surface area contributed by atoms with Gasteiger partial charge in [-0.15, -0.1) is 0 Å². The molecule has 1 saturated heterocycles. The predicted molar refractivity (Wildman–Crippen MR) is 113 cm³/mol. The average Bonchev–Trinajstić information content (AvgIpc) is 3.43. The molecule has 4 rings (SSSR count). The molecule has 0 spiro atoms. The Hall–Kier alpha value is -3.06. The molecule has 1 aliphatic heterocycles. The average molecular weight is 409 g/mol. The Labute approximate surface area is 176 Å². The van der Waals surface area contributed by atoms with Crippen LogP contribution < -0.4 is 14.2 Å². The highest BCUT2D eigenvalue weighted by Crippen LogP contribution is 2.41. The molecule has 0 unspecified atom stereocenters. The van der Waals surface area contributed by atoms with E-state index in [1.54, 1.807) is 21.3 Å². The van der Waals surface area contributed by atoms with E-state index < -0.39 is 0 Å². The Kier molecular flexibility index (Phi) is 5.90. The van der Waals surface area contributed by atoms with Gasteiger partial charge in [0, 0.05) is 24.2 Å². The summed E-state index contributed by atoms with van der Waals surface area (Å²) < 4.78 is 22.1. The zero-order valence-corrected chi connectivity index (χ0v) is 17.8. The minimum Gasteiger partial charge on any atom is -0.493 e. The lowest BCUT2D eigenvalue weighted by Gasteiger charge is -2.20. The Morgan fingerprint density at radius 2 is 1.77 bits per heavy atom. The summed E-state index contributed by atoms with van der Waals surface area (Å²) in [7, 11) is 4.90. The number of hydrogen-bond donors (Lipinski definition) is 0. The first-order valence-corrected chi connectivity index (χ1v) is 10.0. The minimum absolute atomic E-state index is 0.225. The summed E-state index contributed by atoms with van der Waals surface area (Å²) in [6.45, 7) is 4.61. The van der Waals surface area contributed by atoms with E-state index in [1.807, 2.05) is 24.3 Å². The molecule has 0 radical (unpaired) electrons. The summed E-state index contributed by atoms with van der Waals surface area (Å²) in [5, 5.41) is 4.18. The van der Waals surface area contributed by atoms with Crippen LogP contribution in [-0.4, -0.2) is 49.5 Å². The fraction of sp³-hybridized carbons (Fsp3) is 0.391. The van der Waals surface area contributed by atoms with Gasteiger partial charge in [0.1, 0.15) is 0 Å². The van der Waals surface area contributed by atoms with Crippen LogP contribution in [0.2, 0.25) is 0 Å². The number of aryl methyl sites for hydroxylation is 1. The largest absolute Gasteiger partial charge is 0.493 e. The fourth-order valence-electron chi connectivity index (χ4n) is 3.93. The molecule has 2 aromatic carbocycles. The van der Waals surface area contributed by atoms with Crippen molar-refractivity contribution in [3.63, 3.8) is 0 Å². The Morgan fingerprint density at radius 3 is 2.47 bits per heavy atom. The van der Waals surface area contributed by atoms with Crippen molar-refractivity contribution in [2.24, 2.45) is 0 Å². The monoisotopic (exact) mass is 409 g/mol. The SMILES string of the molecule is COc1ccc(CN2CC[C@@H](c3nc(-c4ccc(C)cc4)no3)C2)c(OC)c1OC. The number of hydrogen-bond acceptors (Lipinski definition) is 7. The molecule has 0 N–H and O–H groups in total. The summed E-state index contributed by atoms with van der Waals surface area (Å²) in [4.78, 5) is 7.02. The standard InChI is InChI=1S/C23H27N3O4/c1-15-5-7-16(8-6-15)22-24-23(30-25-22)18-11-12-26(14-18)13-17-9-10-19(27-2)21(29-4)20(17)28-3/h5-10,18H,11-14H2,1-4H3/t18-/m1/s1. The molecule has 0 bridgehead atoms. The summed E-state index contributed by atoms with van der Waals surface area (Å²) in [5.74, 6) is 3.56. The van der Waals surface area contributed by atoms with Crippen molar-refractivity contribution in [2.45, 2.75) is 25.8 Å². The highest BCUT2D eigenvalue weighted by Gasteiger charge is 2.29. The van der Waals surface area contributed by atoms with Crippen LogP contribution in [0.5, 0.6) is 17.2 Å². The van der Waals surface area contributed by atoms with Crippen LogP contribution in [0, 0.1) is 6.92 Å². The molecule has 7 nitrogen and oxygen atoms in total. The van der Waals surface area contributed by atoms with E-state index in [-0.39, 0.29) is 5.92 Å². The van der Waals surface area contributed by atoms with Gasteiger partial charge in [0.2, 0.25) is 17.5 Å². The third-order valence-electron chi connectivity index (χ3n) is 5.55. The smallest absolute Gasteiger partial charge is 0.231 e. The van der Waals surface area contributed by atoms with Gasteiger partial charge in [0.05, 0.1) is 27.2 Å². The lowest BCUT2D eigenvalue weighted by molar-refractivity contribution is 0.293. The highest BCUT2D eigenvalue weighted by atomic mass is 16.5. The number of aromatic nitrogens is 2. The van der Waals surface area contributed by atoms with Gasteiger partial charge in [-0.05, 0) is 26.0 Å². The number of methoxy groups -OCH3 is 3. The van der Waals surface area contributed by atoms with Crippen molar-refractivity contribution in [3.8, 4) is 28.6 Å². The van der Waals surface area contributed by atoms with E-state index in [0.717, 1.165) is 37.2 Å². The molecule has 1 fully saturated rings. The second-order valence-corrected chi connectivity index (χ2v) is 7.54. The maximum absolute atomic E-state index is 5.62. The van der Waals surface area contributed by atoms with Crippen molar-refractivity contribution >= 4 is 0 Å². The lowest BCUT2D eigenvalue weighted by atomic mass is 10.1. The van der Waals surface area contributed by atoms with Gasteiger partial charge in [0.25, 0.3) is 0 Å². The number of benzene rings is 2. The van der Waals surface area contributed by atoms with Gasteiger partial charge in [-0.2, -0.15) is 4.98 Å². The second kappa shape index (κ2) is 8.75. The Morgan fingerprint density at radius 1 is 1.00 bits per heavy atom. The molecule has 30 heavy (non-hydrogen) atoms. The Bertz CT molecular complexity index is 1000. The summed E-state index contributed by atoms with van der Waals surface area (Å²) in [5.41, 5.74) is 3.24. The van der Waals surface area contributed by atoms with E-state index in [4.69, 9.17) is 18.7 Å². The molecule has 3 aromatic rings. The maximum atomic E-state index is 5.62. The van der Waals surface area contributed by atoms with Crippen molar-refractivity contribution < 1.29 is 18.7 Å². The first-order valence-electron chi connectivity index (χ1n) is 10.0. The molecule has 1 atom stereocenters. The fourth-order valence-corrected chi connectivity index (χ4v) is 3.93.